The number of phenols is 1. The van der Waals surface area contributed by atoms with Crippen molar-refractivity contribution >= 4 is 24.0 Å². The predicted molar refractivity (Wildman–Crippen MR) is 120 cm³/mol. The quantitative estimate of drug-likeness (QED) is 0.601. The van der Waals surface area contributed by atoms with Gasteiger partial charge in [0.25, 0.3) is 0 Å². The summed E-state index contributed by atoms with van der Waals surface area (Å²) in [5.74, 6) is 1.65. The first-order valence-corrected chi connectivity index (χ1v) is 10.0. The lowest BCUT2D eigenvalue weighted by Gasteiger charge is -2.44. The van der Waals surface area contributed by atoms with Crippen LogP contribution in [0, 0.1) is 5.92 Å². The van der Waals surface area contributed by atoms with E-state index >= 15 is 0 Å². The summed E-state index contributed by atoms with van der Waals surface area (Å²) in [6.45, 7) is 5.18. The third-order valence-electron chi connectivity index (χ3n) is 6.02. The average molecular weight is 479 g/mol. The van der Waals surface area contributed by atoms with E-state index in [4.69, 9.17) is 4.74 Å². The number of piperidine rings is 1. The molecule has 0 unspecified atom stereocenters. The van der Waals surface area contributed by atoms with Crippen molar-refractivity contribution in [2.75, 3.05) is 13.1 Å². The Bertz CT molecular complexity index is 748. The zero-order valence-corrected chi connectivity index (χ0v) is 18.4. The summed E-state index contributed by atoms with van der Waals surface area (Å²) in [6.07, 6.45) is 5.81. The van der Waals surface area contributed by atoms with Crippen molar-refractivity contribution in [3.63, 3.8) is 0 Å². The third kappa shape index (κ3) is 4.43. The van der Waals surface area contributed by atoms with Gasteiger partial charge in [-0.15, -0.1) is 24.0 Å². The summed E-state index contributed by atoms with van der Waals surface area (Å²) < 4.78 is 5.92. The molecule has 1 N–H and O–H groups in total. The van der Waals surface area contributed by atoms with Gasteiger partial charge in [0, 0.05) is 11.6 Å². The molecule has 0 bridgehead atoms. The molecule has 2 atom stereocenters. The summed E-state index contributed by atoms with van der Waals surface area (Å²) in [7, 11) is 0. The molecule has 27 heavy (non-hydrogen) atoms. The van der Waals surface area contributed by atoms with E-state index in [0.29, 0.717) is 30.1 Å². The van der Waals surface area contributed by atoms with Crippen molar-refractivity contribution in [2.45, 2.75) is 51.7 Å². The molecule has 1 aliphatic heterocycles. The van der Waals surface area contributed by atoms with Crippen LogP contribution in [0.5, 0.6) is 11.5 Å². The van der Waals surface area contributed by atoms with E-state index in [1.54, 1.807) is 0 Å². The Kier molecular flexibility index (Phi) is 7.04. The molecular weight excluding hydrogens is 449 g/mol. The molecule has 1 heterocycles. The molecule has 1 aliphatic carbocycles. The Morgan fingerprint density at radius 1 is 1.11 bits per heavy atom. The molecule has 2 aliphatic rings. The van der Waals surface area contributed by atoms with Crippen LogP contribution in [0.3, 0.4) is 0 Å². The van der Waals surface area contributed by atoms with Gasteiger partial charge in [0.15, 0.2) is 11.5 Å². The lowest BCUT2D eigenvalue weighted by atomic mass is 9.75. The molecule has 0 aromatic heterocycles. The van der Waals surface area contributed by atoms with Gasteiger partial charge in [-0.1, -0.05) is 43.3 Å². The van der Waals surface area contributed by atoms with Crippen LogP contribution in [-0.2, 0) is 19.4 Å². The van der Waals surface area contributed by atoms with Crippen molar-refractivity contribution in [3.05, 3.63) is 59.2 Å². The number of benzene rings is 2. The van der Waals surface area contributed by atoms with E-state index < -0.39 is 0 Å². The van der Waals surface area contributed by atoms with E-state index in [0.717, 1.165) is 24.0 Å². The Morgan fingerprint density at radius 2 is 1.93 bits per heavy atom. The standard InChI is InChI=1S/C23H29NO2.HI/c1-2-12-24-13-6-9-19-14-20-18(15-21(19)24)10-11-22(23(20)25)26-16-17-7-4-3-5-8-17;/h3-5,7-8,10-11,19,21,25H,2,6,9,12-16H2,1H3;1H/t19-,21-;/m1./s1. The van der Waals surface area contributed by atoms with Crippen LogP contribution >= 0.6 is 24.0 Å². The number of rotatable bonds is 5. The minimum Gasteiger partial charge on any atom is -0.504 e. The number of hydrogen-bond donors (Lipinski definition) is 1. The summed E-state index contributed by atoms with van der Waals surface area (Å²) >= 11 is 0. The lowest BCUT2D eigenvalue weighted by molar-refractivity contribution is 0.0847. The van der Waals surface area contributed by atoms with Crippen LogP contribution in [0.1, 0.15) is 42.9 Å². The first kappa shape index (κ1) is 20.5. The topological polar surface area (TPSA) is 32.7 Å². The molecular formula is C23H30INO2. The normalized spacial score (nSPS) is 21.7. The number of ether oxygens (including phenoxy) is 1. The summed E-state index contributed by atoms with van der Waals surface area (Å²) in [5.41, 5.74) is 3.54. The minimum atomic E-state index is 0. The monoisotopic (exact) mass is 479 g/mol. The maximum Gasteiger partial charge on any atom is 0.161 e. The van der Waals surface area contributed by atoms with Crippen LogP contribution in [0.15, 0.2) is 42.5 Å². The Balaban J connectivity index is 0.00000210. The van der Waals surface area contributed by atoms with Gasteiger partial charge in [-0.3, -0.25) is 4.90 Å². The molecule has 3 nitrogen and oxygen atoms in total. The van der Waals surface area contributed by atoms with E-state index in [1.807, 2.05) is 36.4 Å². The number of nitrogens with zero attached hydrogens (tertiary/aromatic N) is 1. The first-order valence-electron chi connectivity index (χ1n) is 10.0. The van der Waals surface area contributed by atoms with Gasteiger partial charge in [-0.05, 0) is 68.3 Å². The number of aromatic hydroxyl groups is 1. The first-order chi connectivity index (χ1) is 12.8. The number of halogens is 1. The van der Waals surface area contributed by atoms with Gasteiger partial charge in [0.2, 0.25) is 0 Å². The fourth-order valence-corrected chi connectivity index (χ4v) is 4.73. The van der Waals surface area contributed by atoms with Crippen molar-refractivity contribution in [1.82, 2.24) is 4.90 Å². The van der Waals surface area contributed by atoms with Crippen LogP contribution in [0.2, 0.25) is 0 Å². The summed E-state index contributed by atoms with van der Waals surface area (Å²) in [6, 6.07) is 14.9. The van der Waals surface area contributed by atoms with Crippen LogP contribution in [0.25, 0.3) is 0 Å². The Morgan fingerprint density at radius 3 is 2.70 bits per heavy atom. The second kappa shape index (κ2) is 9.28. The van der Waals surface area contributed by atoms with Gasteiger partial charge in [-0.25, -0.2) is 0 Å². The van der Waals surface area contributed by atoms with Crippen LogP contribution in [-0.4, -0.2) is 29.1 Å². The molecule has 0 saturated carbocycles. The highest BCUT2D eigenvalue weighted by Gasteiger charge is 2.36. The van der Waals surface area contributed by atoms with Gasteiger partial charge >= 0.3 is 0 Å². The largest absolute Gasteiger partial charge is 0.504 e. The smallest absolute Gasteiger partial charge is 0.161 e. The van der Waals surface area contributed by atoms with Gasteiger partial charge in [-0.2, -0.15) is 0 Å². The van der Waals surface area contributed by atoms with E-state index in [2.05, 4.69) is 17.9 Å². The number of fused-ring (bicyclic) bond motifs is 2. The molecule has 4 rings (SSSR count). The van der Waals surface area contributed by atoms with Crippen molar-refractivity contribution in [3.8, 4) is 11.5 Å². The second-order valence-corrected chi connectivity index (χ2v) is 7.74. The van der Waals surface area contributed by atoms with Gasteiger partial charge < -0.3 is 9.84 Å². The number of phenolic OH excluding ortho intramolecular Hbond substituents is 1. The van der Waals surface area contributed by atoms with Crippen molar-refractivity contribution in [2.24, 2.45) is 5.92 Å². The highest BCUT2D eigenvalue weighted by Crippen LogP contribution is 2.42. The lowest BCUT2D eigenvalue weighted by Crippen LogP contribution is -2.49. The van der Waals surface area contributed by atoms with Crippen molar-refractivity contribution < 1.29 is 9.84 Å². The van der Waals surface area contributed by atoms with Crippen LogP contribution in [0.4, 0.5) is 0 Å². The number of hydrogen-bond acceptors (Lipinski definition) is 3. The van der Waals surface area contributed by atoms with E-state index in [-0.39, 0.29) is 24.0 Å². The second-order valence-electron chi connectivity index (χ2n) is 7.74. The molecule has 0 spiro atoms. The minimum absolute atomic E-state index is 0. The van der Waals surface area contributed by atoms with Gasteiger partial charge in [0.05, 0.1) is 0 Å². The number of likely N-dealkylation sites (tertiary alicyclic amines) is 1. The molecule has 2 aromatic carbocycles. The summed E-state index contributed by atoms with van der Waals surface area (Å²) in [4.78, 5) is 2.67. The van der Waals surface area contributed by atoms with E-state index in [9.17, 15) is 5.11 Å². The Hall–Kier alpha value is -1.27. The fraction of sp³-hybridized carbons (Fsp3) is 0.478. The predicted octanol–water partition coefficient (Wildman–Crippen LogP) is 5.18. The molecule has 1 fully saturated rings. The Labute approximate surface area is 179 Å². The zero-order chi connectivity index (χ0) is 17.9. The van der Waals surface area contributed by atoms with Gasteiger partial charge in [0.1, 0.15) is 6.61 Å². The molecule has 1 saturated heterocycles. The molecule has 146 valence electrons. The maximum absolute atomic E-state index is 10.8. The SMILES string of the molecule is CCCN1CCC[C@@H]2Cc3c(ccc(OCc4ccccc4)c3O)C[C@H]21.I. The average Bonchev–Trinajstić information content (AvgIpc) is 2.68. The van der Waals surface area contributed by atoms with E-state index in [1.165, 1.54) is 37.9 Å². The maximum atomic E-state index is 10.8. The highest BCUT2D eigenvalue weighted by atomic mass is 127. The molecule has 0 amide bonds. The van der Waals surface area contributed by atoms with Crippen molar-refractivity contribution in [1.29, 1.82) is 0 Å². The third-order valence-corrected chi connectivity index (χ3v) is 6.02. The molecule has 0 radical (unpaired) electrons. The highest BCUT2D eigenvalue weighted by molar-refractivity contribution is 14.0. The summed E-state index contributed by atoms with van der Waals surface area (Å²) in [5, 5.41) is 10.8. The molecule has 2 aromatic rings. The fourth-order valence-electron chi connectivity index (χ4n) is 4.73. The molecule has 4 heteroatoms. The zero-order valence-electron chi connectivity index (χ0n) is 16.1. The van der Waals surface area contributed by atoms with Crippen LogP contribution < -0.4 is 4.74 Å².